The number of rotatable bonds is 2. The molecule has 2 heteroatoms. The van der Waals surface area contributed by atoms with E-state index in [2.05, 4.69) is 19.2 Å². The maximum absolute atomic E-state index is 6.04. The van der Waals surface area contributed by atoms with Gasteiger partial charge in [0.15, 0.2) is 0 Å². The molecule has 0 radical (unpaired) electrons. The van der Waals surface area contributed by atoms with Crippen LogP contribution in [0, 0.1) is 5.41 Å². The second-order valence-electron chi connectivity index (χ2n) is 4.80. The van der Waals surface area contributed by atoms with E-state index in [0.717, 1.165) is 6.04 Å². The quantitative estimate of drug-likeness (QED) is 0.651. The van der Waals surface area contributed by atoms with Crippen LogP contribution in [0.3, 0.4) is 0 Å². The van der Waals surface area contributed by atoms with E-state index < -0.39 is 0 Å². The van der Waals surface area contributed by atoms with Gasteiger partial charge in [0.2, 0.25) is 0 Å². The minimum atomic E-state index is 0.488. The summed E-state index contributed by atoms with van der Waals surface area (Å²) in [5, 5.41) is 3.62. The Morgan fingerprint density at radius 1 is 1.42 bits per heavy atom. The van der Waals surface area contributed by atoms with Gasteiger partial charge in [-0.1, -0.05) is 20.3 Å². The van der Waals surface area contributed by atoms with E-state index in [-0.39, 0.29) is 0 Å². The van der Waals surface area contributed by atoms with Crippen molar-refractivity contribution >= 4 is 0 Å². The van der Waals surface area contributed by atoms with Crippen LogP contribution in [-0.2, 0) is 0 Å². The van der Waals surface area contributed by atoms with Crippen LogP contribution in [0.5, 0.6) is 0 Å². The maximum Gasteiger partial charge on any atom is 0.0156 e. The van der Waals surface area contributed by atoms with Gasteiger partial charge in [-0.3, -0.25) is 0 Å². The number of hydrogen-bond donors (Lipinski definition) is 2. The molecule has 2 aliphatic carbocycles. The van der Waals surface area contributed by atoms with Crippen LogP contribution >= 0.6 is 0 Å². The SMILES string of the molecule is CC(C)NC1CC(N)C12CCC2. The highest BCUT2D eigenvalue weighted by Gasteiger charge is 2.56. The zero-order valence-electron chi connectivity index (χ0n) is 8.14. The lowest BCUT2D eigenvalue weighted by atomic mass is 9.50. The Morgan fingerprint density at radius 2 is 2.08 bits per heavy atom. The number of nitrogens with two attached hydrogens (primary N) is 1. The van der Waals surface area contributed by atoms with Gasteiger partial charge in [0.1, 0.15) is 0 Å². The molecule has 0 bridgehead atoms. The van der Waals surface area contributed by atoms with E-state index >= 15 is 0 Å². The number of hydrogen-bond acceptors (Lipinski definition) is 2. The molecule has 0 aromatic carbocycles. The van der Waals surface area contributed by atoms with E-state index in [9.17, 15) is 0 Å². The maximum atomic E-state index is 6.04. The molecule has 0 aromatic heterocycles. The lowest BCUT2D eigenvalue weighted by Crippen LogP contribution is -2.69. The largest absolute Gasteiger partial charge is 0.327 e. The topological polar surface area (TPSA) is 38.0 Å². The van der Waals surface area contributed by atoms with Crippen molar-refractivity contribution in [1.82, 2.24) is 5.32 Å². The highest BCUT2D eigenvalue weighted by atomic mass is 15.0. The second kappa shape index (κ2) is 2.71. The standard InChI is InChI=1S/C10H20N2/c1-7(2)12-9-6-8(11)10(9)4-3-5-10/h7-9,12H,3-6,11H2,1-2H3. The molecule has 0 heterocycles. The van der Waals surface area contributed by atoms with Crippen LogP contribution in [0.25, 0.3) is 0 Å². The minimum absolute atomic E-state index is 0.488. The van der Waals surface area contributed by atoms with Crippen molar-refractivity contribution in [2.75, 3.05) is 0 Å². The van der Waals surface area contributed by atoms with Gasteiger partial charge < -0.3 is 11.1 Å². The predicted molar refractivity (Wildman–Crippen MR) is 50.9 cm³/mol. The fourth-order valence-corrected chi connectivity index (χ4v) is 2.76. The van der Waals surface area contributed by atoms with Crippen LogP contribution in [0.4, 0.5) is 0 Å². The van der Waals surface area contributed by atoms with E-state index in [1.165, 1.54) is 25.7 Å². The van der Waals surface area contributed by atoms with Gasteiger partial charge in [-0.05, 0) is 19.3 Å². The summed E-state index contributed by atoms with van der Waals surface area (Å²) in [6.45, 7) is 4.44. The molecular weight excluding hydrogens is 148 g/mol. The highest BCUT2D eigenvalue weighted by Crippen LogP contribution is 2.55. The molecule has 2 rings (SSSR count). The fourth-order valence-electron chi connectivity index (χ4n) is 2.76. The molecule has 0 saturated heterocycles. The first-order valence-corrected chi connectivity index (χ1v) is 5.17. The Hall–Kier alpha value is -0.0800. The van der Waals surface area contributed by atoms with Gasteiger partial charge in [0.25, 0.3) is 0 Å². The van der Waals surface area contributed by atoms with Gasteiger partial charge >= 0.3 is 0 Å². The summed E-state index contributed by atoms with van der Waals surface area (Å²) < 4.78 is 0. The van der Waals surface area contributed by atoms with E-state index in [1.807, 2.05) is 0 Å². The molecule has 12 heavy (non-hydrogen) atoms. The monoisotopic (exact) mass is 168 g/mol. The van der Waals surface area contributed by atoms with Crippen LogP contribution in [0.15, 0.2) is 0 Å². The lowest BCUT2D eigenvalue weighted by Gasteiger charge is -2.61. The van der Waals surface area contributed by atoms with E-state index in [0.29, 0.717) is 17.5 Å². The molecule has 2 fully saturated rings. The molecule has 2 atom stereocenters. The summed E-state index contributed by atoms with van der Waals surface area (Å²) in [6, 6.07) is 1.82. The Balaban J connectivity index is 1.93. The predicted octanol–water partition coefficient (Wildman–Crippen LogP) is 1.25. The molecular formula is C10H20N2. The van der Waals surface area contributed by atoms with Gasteiger partial charge in [-0.15, -0.1) is 0 Å². The molecule has 1 spiro atoms. The Labute approximate surface area is 74.9 Å². The van der Waals surface area contributed by atoms with Crippen molar-refractivity contribution < 1.29 is 0 Å². The smallest absolute Gasteiger partial charge is 0.0156 e. The summed E-state index contributed by atoms with van der Waals surface area (Å²) in [6.07, 6.45) is 5.30. The number of nitrogens with one attached hydrogen (secondary N) is 1. The summed E-state index contributed by atoms with van der Waals surface area (Å²) in [5.41, 5.74) is 6.56. The molecule has 0 aromatic rings. The summed E-state index contributed by atoms with van der Waals surface area (Å²) in [5.74, 6) is 0. The molecule has 70 valence electrons. The third-order valence-corrected chi connectivity index (χ3v) is 3.74. The van der Waals surface area contributed by atoms with Crippen LogP contribution in [-0.4, -0.2) is 18.1 Å². The molecule has 2 unspecified atom stereocenters. The summed E-state index contributed by atoms with van der Waals surface area (Å²) in [7, 11) is 0. The minimum Gasteiger partial charge on any atom is -0.327 e. The van der Waals surface area contributed by atoms with Crippen molar-refractivity contribution in [3.63, 3.8) is 0 Å². The molecule has 3 N–H and O–H groups in total. The van der Waals surface area contributed by atoms with Gasteiger partial charge in [0, 0.05) is 23.5 Å². The third kappa shape index (κ3) is 1.01. The van der Waals surface area contributed by atoms with Crippen molar-refractivity contribution in [2.45, 2.75) is 57.7 Å². The molecule has 0 amide bonds. The van der Waals surface area contributed by atoms with Crippen molar-refractivity contribution in [3.05, 3.63) is 0 Å². The first-order chi connectivity index (χ1) is 5.65. The van der Waals surface area contributed by atoms with E-state index in [1.54, 1.807) is 0 Å². The van der Waals surface area contributed by atoms with Crippen LogP contribution < -0.4 is 11.1 Å². The third-order valence-electron chi connectivity index (χ3n) is 3.74. The van der Waals surface area contributed by atoms with Crippen molar-refractivity contribution in [3.8, 4) is 0 Å². The molecule has 2 aliphatic rings. The van der Waals surface area contributed by atoms with Crippen LogP contribution in [0.1, 0.15) is 39.5 Å². The average Bonchev–Trinajstić information content (AvgIpc) is 1.81. The Morgan fingerprint density at radius 3 is 2.42 bits per heavy atom. The zero-order valence-corrected chi connectivity index (χ0v) is 8.14. The van der Waals surface area contributed by atoms with E-state index in [4.69, 9.17) is 5.73 Å². The Kier molecular flexibility index (Phi) is 1.92. The van der Waals surface area contributed by atoms with Crippen molar-refractivity contribution in [2.24, 2.45) is 11.1 Å². The summed E-state index contributed by atoms with van der Waals surface area (Å²) in [4.78, 5) is 0. The molecule has 0 aliphatic heterocycles. The summed E-state index contributed by atoms with van der Waals surface area (Å²) >= 11 is 0. The van der Waals surface area contributed by atoms with Crippen molar-refractivity contribution in [1.29, 1.82) is 0 Å². The van der Waals surface area contributed by atoms with Gasteiger partial charge in [-0.25, -0.2) is 0 Å². The first-order valence-electron chi connectivity index (χ1n) is 5.17. The second-order valence-corrected chi connectivity index (χ2v) is 4.80. The zero-order chi connectivity index (χ0) is 8.77. The average molecular weight is 168 g/mol. The van der Waals surface area contributed by atoms with Crippen LogP contribution in [0.2, 0.25) is 0 Å². The van der Waals surface area contributed by atoms with Gasteiger partial charge in [-0.2, -0.15) is 0 Å². The molecule has 2 saturated carbocycles. The lowest BCUT2D eigenvalue weighted by molar-refractivity contribution is -0.0456. The molecule has 2 nitrogen and oxygen atoms in total. The van der Waals surface area contributed by atoms with Gasteiger partial charge in [0.05, 0.1) is 0 Å². The first kappa shape index (κ1) is 8.52. The Bertz CT molecular complexity index is 173. The fraction of sp³-hybridized carbons (Fsp3) is 1.00. The highest BCUT2D eigenvalue weighted by molar-refractivity contribution is 5.13. The normalized spacial score (nSPS) is 38.0.